The highest BCUT2D eigenvalue weighted by atomic mass is 35.5. The third kappa shape index (κ3) is 4.42. The van der Waals surface area contributed by atoms with E-state index in [0.29, 0.717) is 6.04 Å². The van der Waals surface area contributed by atoms with Crippen molar-refractivity contribution < 1.29 is 4.74 Å². The van der Waals surface area contributed by atoms with Crippen LogP contribution >= 0.6 is 22.9 Å². The summed E-state index contributed by atoms with van der Waals surface area (Å²) in [7, 11) is 0. The van der Waals surface area contributed by atoms with Crippen LogP contribution in [0.25, 0.3) is 0 Å². The van der Waals surface area contributed by atoms with Gasteiger partial charge in [0, 0.05) is 24.1 Å². The van der Waals surface area contributed by atoms with Crippen molar-refractivity contribution in [3.8, 4) is 0 Å². The summed E-state index contributed by atoms with van der Waals surface area (Å²) in [5.41, 5.74) is -0.121. The van der Waals surface area contributed by atoms with Crippen molar-refractivity contribution in [3.05, 3.63) is 21.3 Å². The molecule has 0 aromatic carbocycles. The standard InChI is InChI=1S/C12H20ClNOS/c1-5-15-12(3,4)8-14-9(2)10-6-7-11(13)16-10/h6-7,9,14H,5,8H2,1-4H3. The number of nitrogens with one attached hydrogen (secondary N) is 1. The molecule has 1 aromatic heterocycles. The van der Waals surface area contributed by atoms with E-state index in [0.717, 1.165) is 17.5 Å². The smallest absolute Gasteiger partial charge is 0.0931 e. The molecule has 0 bridgehead atoms. The Bertz CT molecular complexity index is 325. The van der Waals surface area contributed by atoms with Crippen molar-refractivity contribution in [3.63, 3.8) is 0 Å². The minimum atomic E-state index is -0.121. The lowest BCUT2D eigenvalue weighted by molar-refractivity contribution is -0.0102. The van der Waals surface area contributed by atoms with Gasteiger partial charge in [-0.2, -0.15) is 0 Å². The first-order valence-corrected chi connectivity index (χ1v) is 6.76. The van der Waals surface area contributed by atoms with Gasteiger partial charge in [0.25, 0.3) is 0 Å². The van der Waals surface area contributed by atoms with Crippen LogP contribution in [0.2, 0.25) is 4.34 Å². The van der Waals surface area contributed by atoms with Gasteiger partial charge in [-0.05, 0) is 39.8 Å². The summed E-state index contributed by atoms with van der Waals surface area (Å²) in [6, 6.07) is 4.32. The maximum absolute atomic E-state index is 5.91. The highest BCUT2D eigenvalue weighted by Crippen LogP contribution is 2.26. The molecule has 1 atom stereocenters. The number of thiophene rings is 1. The van der Waals surface area contributed by atoms with Gasteiger partial charge in [-0.3, -0.25) is 0 Å². The molecule has 1 heterocycles. The van der Waals surface area contributed by atoms with Crippen LogP contribution in [0.4, 0.5) is 0 Å². The second-order valence-corrected chi connectivity index (χ2v) is 6.18. The zero-order valence-electron chi connectivity index (χ0n) is 10.3. The molecule has 0 saturated heterocycles. The van der Waals surface area contributed by atoms with E-state index < -0.39 is 0 Å². The molecule has 0 radical (unpaired) electrons. The number of hydrogen-bond donors (Lipinski definition) is 1. The molecule has 0 aliphatic carbocycles. The molecule has 1 aromatic rings. The zero-order chi connectivity index (χ0) is 12.2. The molecule has 1 unspecified atom stereocenters. The van der Waals surface area contributed by atoms with Crippen molar-refractivity contribution >= 4 is 22.9 Å². The maximum atomic E-state index is 5.91. The van der Waals surface area contributed by atoms with Gasteiger partial charge in [0.05, 0.1) is 9.94 Å². The van der Waals surface area contributed by atoms with Crippen LogP contribution in [0, 0.1) is 0 Å². The Morgan fingerprint density at radius 3 is 2.69 bits per heavy atom. The Hall–Kier alpha value is -0.0900. The van der Waals surface area contributed by atoms with Crippen molar-refractivity contribution in [1.82, 2.24) is 5.32 Å². The summed E-state index contributed by atoms with van der Waals surface area (Å²) in [5, 5.41) is 3.46. The van der Waals surface area contributed by atoms with Gasteiger partial charge in [0.15, 0.2) is 0 Å². The monoisotopic (exact) mass is 261 g/mol. The second-order valence-electron chi connectivity index (χ2n) is 4.44. The first kappa shape index (κ1) is 14.0. The lowest BCUT2D eigenvalue weighted by atomic mass is 10.1. The molecule has 1 N–H and O–H groups in total. The molecule has 0 amide bonds. The van der Waals surface area contributed by atoms with E-state index in [1.165, 1.54) is 4.88 Å². The molecular weight excluding hydrogens is 242 g/mol. The maximum Gasteiger partial charge on any atom is 0.0931 e. The molecule has 2 nitrogen and oxygen atoms in total. The van der Waals surface area contributed by atoms with Gasteiger partial charge >= 0.3 is 0 Å². The Labute approximate surface area is 107 Å². The Morgan fingerprint density at radius 1 is 1.50 bits per heavy atom. The number of halogens is 1. The van der Waals surface area contributed by atoms with Gasteiger partial charge in [0.2, 0.25) is 0 Å². The molecule has 1 rings (SSSR count). The van der Waals surface area contributed by atoms with E-state index in [2.05, 4.69) is 32.2 Å². The van der Waals surface area contributed by atoms with Crippen molar-refractivity contribution in [1.29, 1.82) is 0 Å². The molecule has 0 fully saturated rings. The fraction of sp³-hybridized carbons (Fsp3) is 0.667. The van der Waals surface area contributed by atoms with E-state index in [4.69, 9.17) is 16.3 Å². The van der Waals surface area contributed by atoms with E-state index in [9.17, 15) is 0 Å². The van der Waals surface area contributed by atoms with Gasteiger partial charge in [-0.1, -0.05) is 11.6 Å². The van der Waals surface area contributed by atoms with Crippen molar-refractivity contribution in [2.24, 2.45) is 0 Å². The topological polar surface area (TPSA) is 21.3 Å². The summed E-state index contributed by atoms with van der Waals surface area (Å²) in [6.45, 7) is 9.93. The summed E-state index contributed by atoms with van der Waals surface area (Å²) in [4.78, 5) is 1.26. The van der Waals surface area contributed by atoms with E-state index in [1.54, 1.807) is 11.3 Å². The lowest BCUT2D eigenvalue weighted by Gasteiger charge is -2.26. The fourth-order valence-corrected chi connectivity index (χ4v) is 2.59. The van der Waals surface area contributed by atoms with Gasteiger partial charge in [0.1, 0.15) is 0 Å². The summed E-state index contributed by atoms with van der Waals surface area (Å²) >= 11 is 7.53. The average molecular weight is 262 g/mol. The third-order valence-corrected chi connectivity index (χ3v) is 3.80. The SMILES string of the molecule is CCOC(C)(C)CNC(C)c1ccc(Cl)s1. The highest BCUT2D eigenvalue weighted by molar-refractivity contribution is 7.16. The van der Waals surface area contributed by atoms with Crippen molar-refractivity contribution in [2.75, 3.05) is 13.2 Å². The molecule has 0 aliphatic heterocycles. The summed E-state index contributed by atoms with van der Waals surface area (Å²) in [6.07, 6.45) is 0. The quantitative estimate of drug-likeness (QED) is 0.840. The van der Waals surface area contributed by atoms with Gasteiger partial charge in [-0.15, -0.1) is 11.3 Å². The molecule has 16 heavy (non-hydrogen) atoms. The predicted octanol–water partition coefficient (Wildman–Crippen LogP) is 3.87. The Morgan fingerprint density at radius 2 is 2.19 bits per heavy atom. The minimum absolute atomic E-state index is 0.121. The minimum Gasteiger partial charge on any atom is -0.375 e. The molecule has 0 spiro atoms. The second kappa shape index (κ2) is 6.01. The molecule has 0 aliphatic rings. The third-order valence-electron chi connectivity index (χ3n) is 2.39. The van der Waals surface area contributed by atoms with Crippen LogP contribution in [-0.4, -0.2) is 18.8 Å². The number of hydrogen-bond acceptors (Lipinski definition) is 3. The largest absolute Gasteiger partial charge is 0.375 e. The average Bonchev–Trinajstić information content (AvgIpc) is 2.61. The van der Waals surface area contributed by atoms with Crippen LogP contribution in [0.5, 0.6) is 0 Å². The van der Waals surface area contributed by atoms with Gasteiger partial charge in [-0.25, -0.2) is 0 Å². The van der Waals surface area contributed by atoms with Crippen LogP contribution in [-0.2, 0) is 4.74 Å². The Kier molecular flexibility index (Phi) is 5.25. The van der Waals surface area contributed by atoms with Crippen LogP contribution in [0.1, 0.15) is 38.6 Å². The lowest BCUT2D eigenvalue weighted by Crippen LogP contribution is -2.38. The normalized spacial score (nSPS) is 14.1. The first-order chi connectivity index (χ1) is 7.44. The van der Waals surface area contributed by atoms with Gasteiger partial charge < -0.3 is 10.1 Å². The molecule has 4 heteroatoms. The molecular formula is C12H20ClNOS. The summed E-state index contributed by atoms with van der Waals surface area (Å²) < 4.78 is 6.48. The number of rotatable bonds is 6. The molecule has 92 valence electrons. The van der Waals surface area contributed by atoms with Crippen molar-refractivity contribution in [2.45, 2.75) is 39.3 Å². The van der Waals surface area contributed by atoms with Crippen LogP contribution in [0.15, 0.2) is 12.1 Å². The van der Waals surface area contributed by atoms with Crippen LogP contribution < -0.4 is 5.32 Å². The van der Waals surface area contributed by atoms with E-state index >= 15 is 0 Å². The summed E-state index contributed by atoms with van der Waals surface area (Å²) in [5.74, 6) is 0. The number of ether oxygens (including phenoxy) is 1. The van der Waals surface area contributed by atoms with E-state index in [1.807, 2.05) is 13.0 Å². The van der Waals surface area contributed by atoms with E-state index in [-0.39, 0.29) is 5.60 Å². The van der Waals surface area contributed by atoms with Crippen LogP contribution in [0.3, 0.4) is 0 Å². The Balaban J connectivity index is 2.43. The highest BCUT2D eigenvalue weighted by Gasteiger charge is 2.19. The zero-order valence-corrected chi connectivity index (χ0v) is 11.9. The predicted molar refractivity (Wildman–Crippen MR) is 71.5 cm³/mol. The first-order valence-electron chi connectivity index (χ1n) is 5.57. The fourth-order valence-electron chi connectivity index (χ4n) is 1.50. The molecule has 0 saturated carbocycles.